The molecule has 0 bridgehead atoms. The molecule has 3 heteroatoms. The molecule has 0 aliphatic heterocycles. The van der Waals surface area contributed by atoms with E-state index in [1.54, 1.807) is 13.0 Å². The van der Waals surface area contributed by atoms with Crippen molar-refractivity contribution in [3.8, 4) is 0 Å². The van der Waals surface area contributed by atoms with Crippen LogP contribution in [0.4, 0.5) is 4.39 Å². The number of allylic oxidation sites excluding steroid dienone is 1. The van der Waals surface area contributed by atoms with Gasteiger partial charge in [-0.05, 0) is 30.2 Å². The van der Waals surface area contributed by atoms with E-state index in [4.69, 9.17) is 11.6 Å². The van der Waals surface area contributed by atoms with E-state index in [9.17, 15) is 9.18 Å². The molecule has 0 fully saturated rings. The first-order valence-electron chi connectivity index (χ1n) is 4.13. The Balaban J connectivity index is 2.83. The van der Waals surface area contributed by atoms with E-state index in [-0.39, 0.29) is 17.2 Å². The summed E-state index contributed by atoms with van der Waals surface area (Å²) in [5, 5.41) is 0.0389. The van der Waals surface area contributed by atoms with E-state index in [2.05, 4.69) is 6.58 Å². The van der Waals surface area contributed by atoms with Crippen molar-refractivity contribution < 1.29 is 9.18 Å². The van der Waals surface area contributed by atoms with E-state index in [0.29, 0.717) is 11.1 Å². The van der Waals surface area contributed by atoms with Gasteiger partial charge in [0.15, 0.2) is 5.78 Å². The zero-order chi connectivity index (χ0) is 10.7. The molecule has 0 saturated carbocycles. The first-order chi connectivity index (χ1) is 6.50. The zero-order valence-electron chi connectivity index (χ0n) is 7.81. The van der Waals surface area contributed by atoms with Crippen LogP contribution in [0.15, 0.2) is 30.4 Å². The fraction of sp³-hybridized carbons (Fsp3) is 0.182. The Bertz CT molecular complexity index is 385. The van der Waals surface area contributed by atoms with Crippen LogP contribution in [-0.2, 0) is 11.2 Å². The number of hydrogen-bond donors (Lipinski definition) is 0. The summed E-state index contributed by atoms with van der Waals surface area (Å²) in [6, 6.07) is 4.25. The van der Waals surface area contributed by atoms with Crippen LogP contribution in [0.25, 0.3) is 0 Å². The lowest BCUT2D eigenvalue weighted by molar-refractivity contribution is -0.114. The van der Waals surface area contributed by atoms with Crippen LogP contribution in [0.5, 0.6) is 0 Å². The van der Waals surface area contributed by atoms with Gasteiger partial charge in [-0.3, -0.25) is 4.79 Å². The Morgan fingerprint density at radius 2 is 2.21 bits per heavy atom. The van der Waals surface area contributed by atoms with Crippen LogP contribution in [-0.4, -0.2) is 5.78 Å². The molecule has 0 unspecified atom stereocenters. The second-order valence-corrected chi connectivity index (χ2v) is 3.54. The first kappa shape index (κ1) is 10.9. The lowest BCUT2D eigenvalue weighted by Crippen LogP contribution is -2.03. The lowest BCUT2D eigenvalue weighted by atomic mass is 10.1. The number of Topliss-reactive ketones (excluding diaryl/α,β-unsaturated/α-hetero) is 1. The molecule has 14 heavy (non-hydrogen) atoms. The predicted molar refractivity (Wildman–Crippen MR) is 54.9 cm³/mol. The van der Waals surface area contributed by atoms with Gasteiger partial charge in [-0.15, -0.1) is 0 Å². The number of benzene rings is 1. The molecule has 1 aromatic carbocycles. The van der Waals surface area contributed by atoms with Gasteiger partial charge in [0.25, 0.3) is 0 Å². The van der Waals surface area contributed by atoms with Crippen molar-refractivity contribution in [2.24, 2.45) is 0 Å². The molecule has 74 valence electrons. The van der Waals surface area contributed by atoms with Crippen molar-refractivity contribution >= 4 is 17.4 Å². The maximum atomic E-state index is 12.8. The van der Waals surface area contributed by atoms with Gasteiger partial charge in [-0.25, -0.2) is 4.39 Å². The van der Waals surface area contributed by atoms with E-state index in [1.807, 2.05) is 0 Å². The molecule has 0 aromatic heterocycles. The highest BCUT2D eigenvalue weighted by atomic mass is 35.5. The van der Waals surface area contributed by atoms with E-state index in [0.717, 1.165) is 0 Å². The molecule has 0 heterocycles. The molecule has 0 aliphatic rings. The SMILES string of the molecule is C=C(C)C(=O)Cc1ccc(F)c(Cl)c1. The molecular weight excluding hydrogens is 203 g/mol. The van der Waals surface area contributed by atoms with Gasteiger partial charge in [0.1, 0.15) is 5.82 Å². The summed E-state index contributed by atoms with van der Waals surface area (Å²) < 4.78 is 12.8. The number of halogens is 2. The monoisotopic (exact) mass is 212 g/mol. The molecule has 0 radical (unpaired) electrons. The number of rotatable bonds is 3. The normalized spacial score (nSPS) is 9.93. The van der Waals surface area contributed by atoms with Crippen molar-refractivity contribution in [3.05, 3.63) is 46.8 Å². The predicted octanol–water partition coefficient (Wildman–Crippen LogP) is 3.17. The Morgan fingerprint density at radius 3 is 2.71 bits per heavy atom. The number of hydrogen-bond acceptors (Lipinski definition) is 1. The average Bonchev–Trinajstić information content (AvgIpc) is 2.11. The summed E-state index contributed by atoms with van der Waals surface area (Å²) in [7, 11) is 0. The highest BCUT2D eigenvalue weighted by Crippen LogP contribution is 2.16. The molecule has 0 spiro atoms. The van der Waals surface area contributed by atoms with E-state index >= 15 is 0 Å². The van der Waals surface area contributed by atoms with Crippen molar-refractivity contribution in [3.63, 3.8) is 0 Å². The van der Waals surface area contributed by atoms with Crippen LogP contribution in [0, 0.1) is 5.82 Å². The topological polar surface area (TPSA) is 17.1 Å². The van der Waals surface area contributed by atoms with Gasteiger partial charge < -0.3 is 0 Å². The smallest absolute Gasteiger partial charge is 0.162 e. The first-order valence-corrected chi connectivity index (χ1v) is 4.51. The average molecular weight is 213 g/mol. The van der Waals surface area contributed by atoms with E-state index < -0.39 is 5.82 Å². The summed E-state index contributed by atoms with van der Waals surface area (Å²) in [5.41, 5.74) is 1.19. The third-order valence-electron chi connectivity index (χ3n) is 1.82. The minimum absolute atomic E-state index is 0.0389. The van der Waals surface area contributed by atoms with Crippen LogP contribution >= 0.6 is 11.6 Å². The highest BCUT2D eigenvalue weighted by Gasteiger charge is 2.06. The zero-order valence-corrected chi connectivity index (χ0v) is 8.57. The second kappa shape index (κ2) is 4.38. The number of carbonyl (C=O) groups is 1. The fourth-order valence-corrected chi connectivity index (χ4v) is 1.19. The molecule has 0 amide bonds. The number of ketones is 1. The molecule has 0 saturated heterocycles. The standard InChI is InChI=1S/C11H10ClFO/c1-7(2)11(14)6-8-3-4-10(13)9(12)5-8/h3-5H,1,6H2,2H3. The number of carbonyl (C=O) groups excluding carboxylic acids is 1. The van der Waals surface area contributed by atoms with Crippen molar-refractivity contribution in [2.45, 2.75) is 13.3 Å². The third kappa shape index (κ3) is 2.67. The Labute approximate surface area is 87.2 Å². The second-order valence-electron chi connectivity index (χ2n) is 3.13. The van der Waals surface area contributed by atoms with E-state index in [1.165, 1.54) is 12.1 Å². The summed E-state index contributed by atoms with van der Waals surface area (Å²) in [6.45, 7) is 5.18. The maximum Gasteiger partial charge on any atom is 0.162 e. The van der Waals surface area contributed by atoms with Crippen LogP contribution in [0.3, 0.4) is 0 Å². The largest absolute Gasteiger partial charge is 0.294 e. The summed E-state index contributed by atoms with van der Waals surface area (Å²) in [4.78, 5) is 11.3. The van der Waals surface area contributed by atoms with Crippen molar-refractivity contribution in [1.82, 2.24) is 0 Å². The van der Waals surface area contributed by atoms with Crippen LogP contribution < -0.4 is 0 Å². The summed E-state index contributed by atoms with van der Waals surface area (Å²) in [5.74, 6) is -0.536. The highest BCUT2D eigenvalue weighted by molar-refractivity contribution is 6.30. The van der Waals surface area contributed by atoms with Gasteiger partial charge in [-0.2, -0.15) is 0 Å². The van der Waals surface area contributed by atoms with Crippen molar-refractivity contribution in [1.29, 1.82) is 0 Å². The van der Waals surface area contributed by atoms with Gasteiger partial charge in [-0.1, -0.05) is 24.2 Å². The van der Waals surface area contributed by atoms with Crippen LogP contribution in [0.2, 0.25) is 5.02 Å². The molecule has 1 aromatic rings. The summed E-state index contributed by atoms with van der Waals surface area (Å²) >= 11 is 5.57. The minimum Gasteiger partial charge on any atom is -0.294 e. The van der Waals surface area contributed by atoms with Gasteiger partial charge in [0, 0.05) is 6.42 Å². The molecule has 0 aliphatic carbocycles. The van der Waals surface area contributed by atoms with Crippen LogP contribution in [0.1, 0.15) is 12.5 Å². The fourth-order valence-electron chi connectivity index (χ4n) is 0.986. The van der Waals surface area contributed by atoms with Gasteiger partial charge in [0.05, 0.1) is 5.02 Å². The van der Waals surface area contributed by atoms with Crippen molar-refractivity contribution in [2.75, 3.05) is 0 Å². The lowest BCUT2D eigenvalue weighted by Gasteiger charge is -2.01. The summed E-state index contributed by atoms with van der Waals surface area (Å²) in [6.07, 6.45) is 0.218. The Kier molecular flexibility index (Phi) is 3.42. The van der Waals surface area contributed by atoms with Gasteiger partial charge in [0.2, 0.25) is 0 Å². The molecule has 0 N–H and O–H groups in total. The molecule has 1 rings (SSSR count). The quantitative estimate of drug-likeness (QED) is 0.704. The molecule has 0 atom stereocenters. The van der Waals surface area contributed by atoms with Gasteiger partial charge >= 0.3 is 0 Å². The Hall–Kier alpha value is -1.15. The molecular formula is C11H10ClFO. The third-order valence-corrected chi connectivity index (χ3v) is 2.11. The maximum absolute atomic E-state index is 12.8. The Morgan fingerprint density at radius 1 is 1.57 bits per heavy atom. The molecule has 1 nitrogen and oxygen atoms in total. The minimum atomic E-state index is -0.474.